The lowest BCUT2D eigenvalue weighted by molar-refractivity contribution is -0.140. The number of carboxylic acids is 1. The van der Waals surface area contributed by atoms with Crippen LogP contribution in [-0.4, -0.2) is 46.2 Å². The molecule has 6 heteroatoms. The molecule has 5 nitrogen and oxygen atoms in total. The zero-order valence-electron chi connectivity index (χ0n) is 10.9. The van der Waals surface area contributed by atoms with E-state index in [0.717, 1.165) is 6.42 Å². The van der Waals surface area contributed by atoms with Gasteiger partial charge in [0.25, 0.3) is 0 Å². The first kappa shape index (κ1) is 13.3. The van der Waals surface area contributed by atoms with Crippen molar-refractivity contribution in [3.8, 4) is 0 Å². The van der Waals surface area contributed by atoms with E-state index in [4.69, 9.17) is 5.11 Å². The summed E-state index contributed by atoms with van der Waals surface area (Å²) < 4.78 is 0. The molecule has 1 aromatic rings. The monoisotopic (exact) mass is 292 g/mol. The molecule has 0 bridgehead atoms. The van der Waals surface area contributed by atoms with Crippen LogP contribution in [-0.2, 0) is 11.2 Å². The molecule has 2 amide bonds. The number of hydrogen-bond acceptors (Lipinski definition) is 3. The highest BCUT2D eigenvalue weighted by Gasteiger charge is 2.35. The summed E-state index contributed by atoms with van der Waals surface area (Å²) in [5.41, 5.74) is 2.63. The molecule has 0 radical (unpaired) electrons. The Morgan fingerprint density at radius 2 is 2.20 bits per heavy atom. The molecule has 0 spiro atoms. The van der Waals surface area contributed by atoms with Crippen LogP contribution in [0.25, 0.3) is 0 Å². The van der Waals surface area contributed by atoms with E-state index in [1.165, 1.54) is 27.8 Å². The average Bonchev–Trinajstić information content (AvgIpc) is 2.89. The molecule has 2 atom stereocenters. The standard InChI is InChI=1S/C14H16N2O3S/c17-13(18)12-7-20-8-16(12)14(19)15-6-10-5-9-3-1-2-4-11(9)10/h1-4,10,12H,5-8H2,(H,15,19)(H,17,18)/t10?,12-/m0/s1. The van der Waals surface area contributed by atoms with E-state index in [9.17, 15) is 9.59 Å². The van der Waals surface area contributed by atoms with E-state index in [1.807, 2.05) is 12.1 Å². The molecular formula is C14H16N2O3S. The minimum absolute atomic E-state index is 0.271. The molecule has 20 heavy (non-hydrogen) atoms. The smallest absolute Gasteiger partial charge is 0.327 e. The molecular weight excluding hydrogens is 276 g/mol. The second-order valence-corrected chi connectivity index (χ2v) is 6.11. The highest BCUT2D eigenvalue weighted by atomic mass is 32.2. The third kappa shape index (κ3) is 2.35. The van der Waals surface area contributed by atoms with Gasteiger partial charge in [0.1, 0.15) is 6.04 Å². The van der Waals surface area contributed by atoms with Gasteiger partial charge in [-0.2, -0.15) is 0 Å². The Balaban J connectivity index is 1.55. The summed E-state index contributed by atoms with van der Waals surface area (Å²) in [6.45, 7) is 0.573. The van der Waals surface area contributed by atoms with E-state index in [1.54, 1.807) is 0 Å². The number of rotatable bonds is 3. The molecule has 1 aromatic carbocycles. The zero-order valence-corrected chi connectivity index (χ0v) is 11.7. The van der Waals surface area contributed by atoms with Gasteiger partial charge in [-0.05, 0) is 17.5 Å². The van der Waals surface area contributed by atoms with Gasteiger partial charge in [0.05, 0.1) is 5.88 Å². The van der Waals surface area contributed by atoms with E-state index >= 15 is 0 Å². The minimum Gasteiger partial charge on any atom is -0.480 e. The van der Waals surface area contributed by atoms with Crippen molar-refractivity contribution in [3.05, 3.63) is 35.4 Å². The average molecular weight is 292 g/mol. The first-order valence-corrected chi connectivity index (χ1v) is 7.75. The number of carbonyl (C=O) groups excluding carboxylic acids is 1. The Bertz CT molecular complexity index is 549. The van der Waals surface area contributed by atoms with Crippen LogP contribution in [0.5, 0.6) is 0 Å². The summed E-state index contributed by atoms with van der Waals surface area (Å²) in [4.78, 5) is 24.5. The number of benzene rings is 1. The van der Waals surface area contributed by atoms with Crippen LogP contribution in [0.1, 0.15) is 17.0 Å². The Labute approximate surface area is 121 Å². The summed E-state index contributed by atoms with van der Waals surface area (Å²) in [5, 5.41) is 11.9. The molecule has 2 N–H and O–H groups in total. The molecule has 1 heterocycles. The summed E-state index contributed by atoms with van der Waals surface area (Å²) in [6.07, 6.45) is 0.980. The first-order valence-electron chi connectivity index (χ1n) is 6.59. The van der Waals surface area contributed by atoms with Gasteiger partial charge in [-0.3, -0.25) is 0 Å². The number of carboxylic acid groups (broad SMARTS) is 1. The maximum absolute atomic E-state index is 12.1. The number of nitrogens with one attached hydrogen (secondary N) is 1. The number of hydrogen-bond donors (Lipinski definition) is 2. The third-order valence-corrected chi connectivity index (χ3v) is 4.90. The van der Waals surface area contributed by atoms with Crippen molar-refractivity contribution in [2.75, 3.05) is 18.2 Å². The Kier molecular flexibility index (Phi) is 3.56. The maximum atomic E-state index is 12.1. The van der Waals surface area contributed by atoms with Crippen LogP contribution in [0.15, 0.2) is 24.3 Å². The van der Waals surface area contributed by atoms with Crippen LogP contribution in [0.4, 0.5) is 4.79 Å². The van der Waals surface area contributed by atoms with Gasteiger partial charge in [0.15, 0.2) is 0 Å². The van der Waals surface area contributed by atoms with E-state index < -0.39 is 12.0 Å². The minimum atomic E-state index is -0.931. The number of urea groups is 1. The van der Waals surface area contributed by atoms with Gasteiger partial charge in [0.2, 0.25) is 0 Å². The van der Waals surface area contributed by atoms with Gasteiger partial charge in [-0.15, -0.1) is 11.8 Å². The maximum Gasteiger partial charge on any atom is 0.327 e. The molecule has 1 aliphatic carbocycles. The summed E-state index contributed by atoms with van der Waals surface area (Å²) in [7, 11) is 0. The summed E-state index contributed by atoms with van der Waals surface area (Å²) in [5.74, 6) is 0.340. The van der Waals surface area contributed by atoms with Gasteiger partial charge >= 0.3 is 12.0 Å². The number of fused-ring (bicyclic) bond motifs is 1. The fraction of sp³-hybridized carbons (Fsp3) is 0.429. The Morgan fingerprint density at radius 3 is 2.95 bits per heavy atom. The zero-order chi connectivity index (χ0) is 14.1. The number of nitrogens with zero attached hydrogens (tertiary/aromatic N) is 1. The third-order valence-electron chi connectivity index (χ3n) is 3.89. The lowest BCUT2D eigenvalue weighted by Crippen LogP contribution is -2.48. The van der Waals surface area contributed by atoms with Gasteiger partial charge in [-0.1, -0.05) is 24.3 Å². The lowest BCUT2D eigenvalue weighted by Gasteiger charge is -2.31. The van der Waals surface area contributed by atoms with Crippen LogP contribution in [0.3, 0.4) is 0 Å². The Hall–Kier alpha value is -1.69. The number of carbonyl (C=O) groups is 2. The molecule has 1 aliphatic heterocycles. The van der Waals surface area contributed by atoms with Gasteiger partial charge in [-0.25, -0.2) is 9.59 Å². The summed E-state index contributed by atoms with van der Waals surface area (Å²) >= 11 is 1.47. The van der Waals surface area contributed by atoms with E-state index in [-0.39, 0.29) is 6.03 Å². The molecule has 1 unspecified atom stereocenters. The van der Waals surface area contributed by atoms with Gasteiger partial charge < -0.3 is 15.3 Å². The largest absolute Gasteiger partial charge is 0.480 e. The van der Waals surface area contributed by atoms with Crippen molar-refractivity contribution >= 4 is 23.8 Å². The second-order valence-electron chi connectivity index (χ2n) is 5.11. The van der Waals surface area contributed by atoms with E-state index in [2.05, 4.69) is 17.4 Å². The molecule has 1 saturated heterocycles. The van der Waals surface area contributed by atoms with E-state index in [0.29, 0.717) is 24.1 Å². The predicted octanol–water partition coefficient (Wildman–Crippen LogP) is 1.50. The van der Waals surface area contributed by atoms with Gasteiger partial charge in [0, 0.05) is 18.2 Å². The van der Waals surface area contributed by atoms with Crippen molar-refractivity contribution in [2.45, 2.75) is 18.4 Å². The molecule has 106 valence electrons. The molecule has 0 aromatic heterocycles. The van der Waals surface area contributed by atoms with Crippen molar-refractivity contribution < 1.29 is 14.7 Å². The lowest BCUT2D eigenvalue weighted by atomic mass is 9.78. The predicted molar refractivity (Wildman–Crippen MR) is 76.9 cm³/mol. The SMILES string of the molecule is O=C(O)[C@@H]1CSCN1C(=O)NCC1Cc2ccccc21. The highest BCUT2D eigenvalue weighted by Crippen LogP contribution is 2.34. The second kappa shape index (κ2) is 5.36. The molecule has 3 rings (SSSR count). The van der Waals surface area contributed by atoms with Crippen LogP contribution >= 0.6 is 11.8 Å². The van der Waals surface area contributed by atoms with Crippen molar-refractivity contribution in [1.82, 2.24) is 10.2 Å². The van der Waals surface area contributed by atoms with Crippen molar-refractivity contribution in [1.29, 1.82) is 0 Å². The molecule has 2 aliphatic rings. The number of amides is 2. The molecule has 1 fully saturated rings. The Morgan fingerprint density at radius 1 is 1.40 bits per heavy atom. The number of aliphatic carboxylic acids is 1. The molecule has 0 saturated carbocycles. The first-order chi connectivity index (χ1) is 9.66. The highest BCUT2D eigenvalue weighted by molar-refractivity contribution is 7.99. The quantitative estimate of drug-likeness (QED) is 0.885. The van der Waals surface area contributed by atoms with Crippen LogP contribution in [0, 0.1) is 0 Å². The van der Waals surface area contributed by atoms with Crippen LogP contribution in [0.2, 0.25) is 0 Å². The van der Waals surface area contributed by atoms with Crippen molar-refractivity contribution in [3.63, 3.8) is 0 Å². The normalized spacial score (nSPS) is 23.9. The van der Waals surface area contributed by atoms with Crippen molar-refractivity contribution in [2.24, 2.45) is 0 Å². The number of thioether (sulfide) groups is 1. The summed E-state index contributed by atoms with van der Waals surface area (Å²) in [6, 6.07) is 7.24. The topological polar surface area (TPSA) is 69.6 Å². The fourth-order valence-electron chi connectivity index (χ4n) is 2.70. The fourth-order valence-corrected chi connectivity index (χ4v) is 3.85. The van der Waals surface area contributed by atoms with Crippen LogP contribution < -0.4 is 5.32 Å².